The fourth-order valence-corrected chi connectivity index (χ4v) is 4.29. The van der Waals surface area contributed by atoms with E-state index in [0.717, 1.165) is 11.0 Å². The van der Waals surface area contributed by atoms with Gasteiger partial charge >= 0.3 is 5.97 Å². The van der Waals surface area contributed by atoms with Crippen LogP contribution in [-0.4, -0.2) is 35.7 Å². The number of carbonyl (C=O) groups excluding carboxylic acids is 1. The molecule has 0 unspecified atom stereocenters. The minimum absolute atomic E-state index is 0.149. The average Bonchev–Trinajstić information content (AvgIpc) is 3.23. The second-order valence-corrected chi connectivity index (χ2v) is 7.68. The van der Waals surface area contributed by atoms with Gasteiger partial charge in [-0.3, -0.25) is 4.79 Å². The molecule has 0 spiro atoms. The molecule has 0 N–H and O–H groups in total. The first-order valence-corrected chi connectivity index (χ1v) is 10.3. The predicted molar refractivity (Wildman–Crippen MR) is 116 cm³/mol. The molecule has 2 aromatic heterocycles. The Bertz CT molecular complexity index is 1360. The van der Waals surface area contributed by atoms with Gasteiger partial charge in [-0.15, -0.1) is 0 Å². The third-order valence-electron chi connectivity index (χ3n) is 4.34. The highest BCUT2D eigenvalue weighted by atomic mass is 35.5. The maximum absolute atomic E-state index is 12.9. The van der Waals surface area contributed by atoms with Crippen LogP contribution < -0.4 is 19.6 Å². The molecular weight excluding hydrogens is 428 g/mol. The first kappa shape index (κ1) is 20.2. The van der Waals surface area contributed by atoms with Crippen molar-refractivity contribution >= 4 is 51.0 Å². The van der Waals surface area contributed by atoms with E-state index >= 15 is 0 Å². The SMILES string of the molecule is CCOc1cc(/C=c2\sc3nc4ccccc4n3c2=O)cc(Cl)c1OCC(=O)OC. The monoisotopic (exact) mass is 444 g/mol. The number of ether oxygens (including phenoxy) is 3. The largest absolute Gasteiger partial charge is 0.490 e. The van der Waals surface area contributed by atoms with E-state index in [2.05, 4.69) is 9.72 Å². The number of thiazole rings is 1. The molecule has 0 saturated carbocycles. The normalized spacial score (nSPS) is 11.9. The van der Waals surface area contributed by atoms with Gasteiger partial charge in [0, 0.05) is 0 Å². The molecule has 2 aromatic carbocycles. The van der Waals surface area contributed by atoms with Gasteiger partial charge in [0.15, 0.2) is 23.1 Å². The lowest BCUT2D eigenvalue weighted by molar-refractivity contribution is -0.142. The Morgan fingerprint density at radius 2 is 2.07 bits per heavy atom. The molecule has 0 atom stereocenters. The Hall–Kier alpha value is -3.10. The number of benzene rings is 2. The molecule has 2 heterocycles. The third kappa shape index (κ3) is 3.71. The van der Waals surface area contributed by atoms with Gasteiger partial charge < -0.3 is 14.2 Å². The second kappa shape index (κ2) is 8.33. The van der Waals surface area contributed by atoms with Gasteiger partial charge in [0.25, 0.3) is 5.56 Å². The van der Waals surface area contributed by atoms with Crippen LogP contribution in [0, 0.1) is 0 Å². The number of rotatable bonds is 6. The first-order chi connectivity index (χ1) is 14.5. The lowest BCUT2D eigenvalue weighted by Crippen LogP contribution is -2.22. The summed E-state index contributed by atoms with van der Waals surface area (Å²) in [4.78, 5) is 29.5. The molecule has 9 heteroatoms. The molecule has 0 aliphatic rings. The summed E-state index contributed by atoms with van der Waals surface area (Å²) in [6.45, 7) is 1.91. The zero-order valence-corrected chi connectivity index (χ0v) is 17.7. The summed E-state index contributed by atoms with van der Waals surface area (Å²) in [7, 11) is 1.27. The Labute approximate surface area is 180 Å². The summed E-state index contributed by atoms with van der Waals surface area (Å²) in [6.07, 6.45) is 1.73. The standard InChI is InChI=1S/C21H17ClN2O5S/c1-3-28-16-9-12(8-13(22)19(16)29-11-18(25)27-2)10-17-20(26)24-15-7-5-4-6-14(15)23-21(24)30-17/h4-10H,3,11H2,1-2H3/b17-10-. The molecule has 7 nitrogen and oxygen atoms in total. The molecule has 0 aliphatic carbocycles. The Kier molecular flexibility index (Phi) is 5.61. The van der Waals surface area contributed by atoms with E-state index in [0.29, 0.717) is 27.4 Å². The molecule has 154 valence electrons. The van der Waals surface area contributed by atoms with Gasteiger partial charge in [0.05, 0.1) is 34.3 Å². The number of aromatic nitrogens is 2. The molecular formula is C21H17ClN2O5S. The van der Waals surface area contributed by atoms with Crippen LogP contribution in [0.1, 0.15) is 12.5 Å². The summed E-state index contributed by atoms with van der Waals surface area (Å²) in [5, 5.41) is 0.260. The van der Waals surface area contributed by atoms with Gasteiger partial charge in [0.2, 0.25) is 0 Å². The van der Waals surface area contributed by atoms with E-state index in [4.69, 9.17) is 21.1 Å². The average molecular weight is 445 g/mol. The van der Waals surface area contributed by atoms with E-state index in [1.807, 2.05) is 31.2 Å². The van der Waals surface area contributed by atoms with Crippen LogP contribution >= 0.6 is 22.9 Å². The minimum Gasteiger partial charge on any atom is -0.490 e. The van der Waals surface area contributed by atoms with Crippen LogP contribution in [0.15, 0.2) is 41.2 Å². The summed E-state index contributed by atoms with van der Waals surface area (Å²) >= 11 is 7.67. The van der Waals surface area contributed by atoms with E-state index in [9.17, 15) is 9.59 Å². The Morgan fingerprint density at radius 3 is 2.83 bits per heavy atom. The number of esters is 1. The van der Waals surface area contributed by atoms with Crippen molar-refractivity contribution in [3.8, 4) is 11.5 Å². The fraction of sp³-hybridized carbons (Fsp3) is 0.190. The molecule has 0 saturated heterocycles. The highest BCUT2D eigenvalue weighted by molar-refractivity contribution is 7.15. The summed E-state index contributed by atoms with van der Waals surface area (Å²) < 4.78 is 17.8. The smallest absolute Gasteiger partial charge is 0.343 e. The Morgan fingerprint density at radius 1 is 1.27 bits per heavy atom. The van der Waals surface area contributed by atoms with Gasteiger partial charge in [-0.05, 0) is 42.8 Å². The zero-order valence-electron chi connectivity index (χ0n) is 16.2. The van der Waals surface area contributed by atoms with Gasteiger partial charge in [-0.25, -0.2) is 14.2 Å². The number of hydrogen-bond donors (Lipinski definition) is 0. The van der Waals surface area contributed by atoms with Crippen LogP contribution in [0.5, 0.6) is 11.5 Å². The summed E-state index contributed by atoms with van der Waals surface area (Å²) in [5.41, 5.74) is 2.07. The highest BCUT2D eigenvalue weighted by Gasteiger charge is 2.15. The van der Waals surface area contributed by atoms with Crippen molar-refractivity contribution in [1.29, 1.82) is 0 Å². The highest BCUT2D eigenvalue weighted by Crippen LogP contribution is 2.37. The number of methoxy groups -OCH3 is 1. The van der Waals surface area contributed by atoms with Crippen LogP contribution in [-0.2, 0) is 9.53 Å². The number of carbonyl (C=O) groups is 1. The van der Waals surface area contributed by atoms with Gasteiger partial charge in [0.1, 0.15) is 0 Å². The van der Waals surface area contributed by atoms with Crippen LogP contribution in [0.25, 0.3) is 22.1 Å². The number of halogens is 1. The molecule has 0 radical (unpaired) electrons. The fourth-order valence-electron chi connectivity index (χ4n) is 3.03. The second-order valence-electron chi connectivity index (χ2n) is 6.26. The lowest BCUT2D eigenvalue weighted by Gasteiger charge is -2.13. The maximum atomic E-state index is 12.9. The molecule has 30 heavy (non-hydrogen) atoms. The predicted octanol–water partition coefficient (Wildman–Crippen LogP) is 3.06. The van der Waals surface area contributed by atoms with E-state index in [1.165, 1.54) is 18.4 Å². The first-order valence-electron chi connectivity index (χ1n) is 9.09. The molecule has 0 fully saturated rings. The zero-order chi connectivity index (χ0) is 21.3. The van der Waals surface area contributed by atoms with Crippen molar-refractivity contribution in [2.75, 3.05) is 20.3 Å². The Balaban J connectivity index is 1.79. The number of para-hydroxylation sites is 2. The summed E-state index contributed by atoms with van der Waals surface area (Å²) in [5.74, 6) is 0.0871. The van der Waals surface area contributed by atoms with E-state index in [1.54, 1.807) is 22.6 Å². The van der Waals surface area contributed by atoms with Crippen LogP contribution in [0.2, 0.25) is 5.02 Å². The van der Waals surface area contributed by atoms with E-state index < -0.39 is 5.97 Å². The van der Waals surface area contributed by atoms with Crippen molar-refractivity contribution in [2.45, 2.75) is 6.92 Å². The molecule has 0 bridgehead atoms. The minimum atomic E-state index is -0.533. The van der Waals surface area contributed by atoms with Gasteiger partial charge in [-0.1, -0.05) is 35.1 Å². The van der Waals surface area contributed by atoms with Gasteiger partial charge in [-0.2, -0.15) is 0 Å². The topological polar surface area (TPSA) is 79.1 Å². The maximum Gasteiger partial charge on any atom is 0.343 e. The summed E-state index contributed by atoms with van der Waals surface area (Å²) in [6, 6.07) is 10.9. The molecule has 4 rings (SSSR count). The van der Waals surface area contributed by atoms with Crippen molar-refractivity contribution < 1.29 is 19.0 Å². The lowest BCUT2D eigenvalue weighted by atomic mass is 10.2. The molecule has 4 aromatic rings. The number of nitrogens with zero attached hydrogens (tertiary/aromatic N) is 2. The van der Waals surface area contributed by atoms with Crippen molar-refractivity contribution in [3.63, 3.8) is 0 Å². The molecule has 0 amide bonds. The van der Waals surface area contributed by atoms with Crippen LogP contribution in [0.3, 0.4) is 0 Å². The quantitative estimate of drug-likeness (QED) is 0.425. The number of fused-ring (bicyclic) bond motifs is 3. The van der Waals surface area contributed by atoms with Crippen molar-refractivity contribution in [1.82, 2.24) is 9.38 Å². The van der Waals surface area contributed by atoms with Crippen LogP contribution in [0.4, 0.5) is 0 Å². The molecule has 0 aliphatic heterocycles. The number of imidazole rings is 1. The van der Waals surface area contributed by atoms with Crippen molar-refractivity contribution in [3.05, 3.63) is 61.9 Å². The number of hydrogen-bond acceptors (Lipinski definition) is 7. The van der Waals surface area contributed by atoms with E-state index in [-0.39, 0.29) is 22.9 Å². The van der Waals surface area contributed by atoms with Crippen molar-refractivity contribution in [2.24, 2.45) is 0 Å². The third-order valence-corrected chi connectivity index (χ3v) is 5.59.